The molecule has 0 unspecified atom stereocenters. The van der Waals surface area contributed by atoms with Gasteiger partial charge in [0.2, 0.25) is 0 Å². The van der Waals surface area contributed by atoms with E-state index in [1.807, 2.05) is 6.20 Å². The van der Waals surface area contributed by atoms with Crippen molar-refractivity contribution >= 4 is 15.9 Å². The molecule has 0 aliphatic heterocycles. The Kier molecular flexibility index (Phi) is 2.38. The molecular formula is C11H15BrN2. The molecule has 0 N–H and O–H groups in total. The summed E-state index contributed by atoms with van der Waals surface area (Å²) in [5.74, 6) is 0.717. The average Bonchev–Trinajstić information content (AvgIpc) is 2.85. The smallest absolute Gasteiger partial charge is 0.132 e. The van der Waals surface area contributed by atoms with Crippen LogP contribution < -0.4 is 0 Å². The second-order valence-corrected chi connectivity index (χ2v) is 5.74. The van der Waals surface area contributed by atoms with Crippen molar-refractivity contribution in [3.05, 3.63) is 21.9 Å². The highest BCUT2D eigenvalue weighted by Gasteiger charge is 2.32. The lowest BCUT2D eigenvalue weighted by Gasteiger charge is -2.22. The van der Waals surface area contributed by atoms with Crippen LogP contribution in [0.25, 0.3) is 0 Å². The van der Waals surface area contributed by atoms with E-state index >= 15 is 0 Å². The maximum Gasteiger partial charge on any atom is 0.132 e. The van der Waals surface area contributed by atoms with E-state index in [9.17, 15) is 0 Å². The van der Waals surface area contributed by atoms with Gasteiger partial charge in [0.25, 0.3) is 0 Å². The molecule has 3 heteroatoms. The Morgan fingerprint density at radius 1 is 1.36 bits per heavy atom. The van der Waals surface area contributed by atoms with Crippen LogP contribution in [0.15, 0.2) is 10.8 Å². The van der Waals surface area contributed by atoms with Gasteiger partial charge in [-0.1, -0.05) is 20.8 Å². The summed E-state index contributed by atoms with van der Waals surface area (Å²) in [5.41, 5.74) is 2.88. The number of hydrogen-bond acceptors (Lipinski definition) is 2. The fourth-order valence-corrected chi connectivity index (χ4v) is 2.36. The Bertz CT molecular complexity index is 351. The van der Waals surface area contributed by atoms with E-state index in [1.54, 1.807) is 0 Å². The van der Waals surface area contributed by atoms with Crippen LogP contribution >= 0.6 is 15.9 Å². The number of halogens is 1. The van der Waals surface area contributed by atoms with Gasteiger partial charge in [0.1, 0.15) is 4.60 Å². The summed E-state index contributed by atoms with van der Waals surface area (Å²) in [7, 11) is 0. The zero-order valence-corrected chi connectivity index (χ0v) is 10.4. The summed E-state index contributed by atoms with van der Waals surface area (Å²) in [6.07, 6.45) is 4.51. The van der Waals surface area contributed by atoms with Gasteiger partial charge in [0.15, 0.2) is 0 Å². The molecule has 1 saturated carbocycles. The summed E-state index contributed by atoms with van der Waals surface area (Å²) in [5, 5.41) is 8.11. The van der Waals surface area contributed by atoms with Gasteiger partial charge in [-0.3, -0.25) is 0 Å². The minimum Gasteiger partial charge on any atom is -0.158 e. The Morgan fingerprint density at radius 3 is 2.50 bits per heavy atom. The topological polar surface area (TPSA) is 25.8 Å². The van der Waals surface area contributed by atoms with Gasteiger partial charge >= 0.3 is 0 Å². The van der Waals surface area contributed by atoms with E-state index in [0.717, 1.165) is 4.60 Å². The predicted molar refractivity (Wildman–Crippen MR) is 60.4 cm³/mol. The lowest BCUT2D eigenvalue weighted by atomic mass is 9.84. The molecule has 0 saturated heterocycles. The van der Waals surface area contributed by atoms with Crippen molar-refractivity contribution < 1.29 is 0 Å². The quantitative estimate of drug-likeness (QED) is 0.768. The summed E-state index contributed by atoms with van der Waals surface area (Å²) < 4.78 is 0.937. The Labute approximate surface area is 93.3 Å². The van der Waals surface area contributed by atoms with Gasteiger partial charge < -0.3 is 0 Å². The molecule has 1 aliphatic rings. The molecule has 0 amide bonds. The van der Waals surface area contributed by atoms with Crippen molar-refractivity contribution in [2.45, 2.75) is 44.9 Å². The van der Waals surface area contributed by atoms with Gasteiger partial charge in [0.05, 0.1) is 6.20 Å². The summed E-state index contributed by atoms with van der Waals surface area (Å²) in [6, 6.07) is 0. The fraction of sp³-hybridized carbons (Fsp3) is 0.636. The van der Waals surface area contributed by atoms with Crippen LogP contribution in [0.5, 0.6) is 0 Å². The predicted octanol–water partition coefficient (Wildman–Crippen LogP) is 3.41. The first kappa shape index (κ1) is 10.1. The van der Waals surface area contributed by atoms with Crippen LogP contribution in [0.2, 0.25) is 0 Å². The molecule has 0 atom stereocenters. The number of aromatic nitrogens is 2. The van der Waals surface area contributed by atoms with Gasteiger partial charge in [-0.05, 0) is 51.2 Å². The third-order valence-electron chi connectivity index (χ3n) is 2.64. The maximum atomic E-state index is 4.08. The van der Waals surface area contributed by atoms with E-state index in [4.69, 9.17) is 0 Å². The van der Waals surface area contributed by atoms with Crippen LogP contribution in [-0.4, -0.2) is 10.2 Å². The molecule has 0 aromatic carbocycles. The Morgan fingerprint density at radius 2 is 2.00 bits per heavy atom. The van der Waals surface area contributed by atoms with Crippen molar-refractivity contribution in [3.63, 3.8) is 0 Å². The second kappa shape index (κ2) is 3.30. The molecule has 0 bridgehead atoms. The highest BCUT2D eigenvalue weighted by Crippen LogP contribution is 2.46. The highest BCUT2D eigenvalue weighted by molar-refractivity contribution is 9.10. The molecule has 76 valence electrons. The SMILES string of the molecule is CC(C)(C)c1cnnc(Br)c1C1CC1. The maximum absolute atomic E-state index is 4.08. The molecule has 2 nitrogen and oxygen atoms in total. The number of rotatable bonds is 1. The molecule has 14 heavy (non-hydrogen) atoms. The monoisotopic (exact) mass is 254 g/mol. The number of hydrogen-bond donors (Lipinski definition) is 0. The highest BCUT2D eigenvalue weighted by atomic mass is 79.9. The van der Waals surface area contributed by atoms with Crippen molar-refractivity contribution in [3.8, 4) is 0 Å². The third kappa shape index (κ3) is 1.83. The zero-order valence-electron chi connectivity index (χ0n) is 8.84. The minimum absolute atomic E-state index is 0.163. The molecule has 1 fully saturated rings. The van der Waals surface area contributed by atoms with Crippen LogP contribution in [-0.2, 0) is 5.41 Å². The molecule has 1 aromatic heterocycles. The van der Waals surface area contributed by atoms with Crippen LogP contribution in [0.4, 0.5) is 0 Å². The Balaban J connectivity index is 2.53. The molecule has 2 rings (SSSR count). The van der Waals surface area contributed by atoms with E-state index in [-0.39, 0.29) is 5.41 Å². The van der Waals surface area contributed by atoms with E-state index in [2.05, 4.69) is 46.9 Å². The van der Waals surface area contributed by atoms with Crippen LogP contribution in [0.1, 0.15) is 50.7 Å². The normalized spacial score (nSPS) is 17.1. The molecular weight excluding hydrogens is 240 g/mol. The molecule has 1 aromatic rings. The van der Waals surface area contributed by atoms with Crippen molar-refractivity contribution in [2.24, 2.45) is 0 Å². The second-order valence-electron chi connectivity index (χ2n) is 4.99. The van der Waals surface area contributed by atoms with Gasteiger partial charge in [-0.2, -0.15) is 5.10 Å². The van der Waals surface area contributed by atoms with Crippen LogP contribution in [0.3, 0.4) is 0 Å². The van der Waals surface area contributed by atoms with Gasteiger partial charge in [-0.25, -0.2) is 0 Å². The van der Waals surface area contributed by atoms with E-state index < -0.39 is 0 Å². The van der Waals surface area contributed by atoms with Crippen molar-refractivity contribution in [2.75, 3.05) is 0 Å². The summed E-state index contributed by atoms with van der Waals surface area (Å²) in [4.78, 5) is 0. The summed E-state index contributed by atoms with van der Waals surface area (Å²) >= 11 is 3.51. The first-order valence-corrected chi connectivity index (χ1v) is 5.81. The standard InChI is InChI=1S/C11H15BrN2/c1-11(2,3)8-6-13-14-10(12)9(8)7-4-5-7/h6-7H,4-5H2,1-3H3. The zero-order chi connectivity index (χ0) is 10.3. The third-order valence-corrected chi connectivity index (χ3v) is 3.22. The fourth-order valence-electron chi connectivity index (χ4n) is 1.73. The molecule has 0 spiro atoms. The Hall–Kier alpha value is -0.440. The largest absolute Gasteiger partial charge is 0.158 e. The number of nitrogens with zero attached hydrogens (tertiary/aromatic N) is 2. The molecule has 0 radical (unpaired) electrons. The van der Waals surface area contributed by atoms with Crippen molar-refractivity contribution in [1.29, 1.82) is 0 Å². The van der Waals surface area contributed by atoms with Crippen molar-refractivity contribution in [1.82, 2.24) is 10.2 Å². The average molecular weight is 255 g/mol. The lowest BCUT2D eigenvalue weighted by Crippen LogP contribution is -2.15. The van der Waals surface area contributed by atoms with E-state index in [0.29, 0.717) is 5.92 Å². The van der Waals surface area contributed by atoms with Gasteiger partial charge in [-0.15, -0.1) is 5.10 Å². The first-order chi connectivity index (χ1) is 6.50. The first-order valence-electron chi connectivity index (χ1n) is 5.01. The lowest BCUT2D eigenvalue weighted by molar-refractivity contribution is 0.574. The molecule has 1 heterocycles. The van der Waals surface area contributed by atoms with E-state index in [1.165, 1.54) is 24.0 Å². The van der Waals surface area contributed by atoms with Gasteiger partial charge in [0, 0.05) is 0 Å². The summed E-state index contributed by atoms with van der Waals surface area (Å²) in [6.45, 7) is 6.67. The minimum atomic E-state index is 0.163. The molecule has 1 aliphatic carbocycles. The van der Waals surface area contributed by atoms with Crippen LogP contribution in [0, 0.1) is 0 Å².